The molecule has 0 bridgehead atoms. The molecule has 6 nitrogen and oxygen atoms in total. The molecular formula is C12H10ClFN2O4S. The van der Waals surface area contributed by atoms with Crippen LogP contribution in [0.15, 0.2) is 22.0 Å². The molecule has 0 aromatic heterocycles. The van der Waals surface area contributed by atoms with E-state index in [2.05, 4.69) is 4.99 Å². The fourth-order valence-corrected chi connectivity index (χ4v) is 3.11. The van der Waals surface area contributed by atoms with Gasteiger partial charge in [-0.2, -0.15) is 0 Å². The van der Waals surface area contributed by atoms with Crippen LogP contribution in [0.25, 0.3) is 0 Å². The molecule has 1 aromatic carbocycles. The van der Waals surface area contributed by atoms with Crippen LogP contribution in [0.4, 0.5) is 10.1 Å². The fourth-order valence-electron chi connectivity index (χ4n) is 1.79. The third-order valence-corrected chi connectivity index (χ3v) is 4.32. The Morgan fingerprint density at radius 2 is 2.38 bits per heavy atom. The molecule has 1 aromatic rings. The van der Waals surface area contributed by atoms with Crippen molar-refractivity contribution in [2.24, 2.45) is 4.99 Å². The number of rotatable bonds is 4. The van der Waals surface area contributed by atoms with Crippen molar-refractivity contribution in [3.8, 4) is 0 Å². The van der Waals surface area contributed by atoms with E-state index in [0.29, 0.717) is 10.6 Å². The molecule has 0 saturated heterocycles. The molecule has 1 heterocycles. The number of nitro groups is 1. The molecule has 0 amide bonds. The van der Waals surface area contributed by atoms with Gasteiger partial charge in [-0.05, 0) is 19.1 Å². The van der Waals surface area contributed by atoms with Gasteiger partial charge < -0.3 is 4.74 Å². The largest absolute Gasteiger partial charge is 0.461 e. The van der Waals surface area contributed by atoms with Gasteiger partial charge in [-0.1, -0.05) is 11.6 Å². The average molecular weight is 333 g/mol. The maximum Gasteiger partial charge on any atom is 0.388 e. The molecular weight excluding hydrogens is 323 g/mol. The Labute approximate surface area is 128 Å². The first-order chi connectivity index (χ1) is 9.95. The molecule has 9 heteroatoms. The zero-order valence-corrected chi connectivity index (χ0v) is 12.4. The number of hydrogen-bond acceptors (Lipinski definition) is 6. The SMILES string of the molecule is CCOC(=O)C(C1=Nc2ccc(F)c(Cl)c2SC1)[N+](=O)[O-]. The standard InChI is InChI=1S/C12H10ClFN2O4S/c1-2-20-12(17)10(16(18)19)8-5-21-11-7(15-8)4-3-6(14)9(11)13/h3-4,10H,2,5H2,1H3. The van der Waals surface area contributed by atoms with E-state index in [-0.39, 0.29) is 23.1 Å². The zero-order valence-electron chi connectivity index (χ0n) is 10.8. The molecule has 0 spiro atoms. The average Bonchev–Trinajstić information content (AvgIpc) is 2.43. The molecule has 0 aliphatic carbocycles. The number of benzene rings is 1. The minimum absolute atomic E-state index is 0.0389. The minimum Gasteiger partial charge on any atom is -0.461 e. The molecule has 2 rings (SSSR count). The van der Waals surface area contributed by atoms with Crippen molar-refractivity contribution in [3.05, 3.63) is 33.1 Å². The first kappa shape index (κ1) is 15.7. The molecule has 1 aliphatic heterocycles. The predicted octanol–water partition coefficient (Wildman–Crippen LogP) is 2.87. The Kier molecular flexibility index (Phi) is 4.79. The van der Waals surface area contributed by atoms with E-state index in [1.54, 1.807) is 6.92 Å². The highest BCUT2D eigenvalue weighted by Crippen LogP contribution is 2.41. The van der Waals surface area contributed by atoms with Crippen LogP contribution in [0.3, 0.4) is 0 Å². The molecule has 1 atom stereocenters. The summed E-state index contributed by atoms with van der Waals surface area (Å²) in [5.74, 6) is -1.48. The van der Waals surface area contributed by atoms with Gasteiger partial charge >= 0.3 is 12.0 Å². The highest BCUT2D eigenvalue weighted by molar-refractivity contribution is 8.00. The molecule has 1 aliphatic rings. The molecule has 1 unspecified atom stereocenters. The third-order valence-electron chi connectivity index (χ3n) is 2.69. The maximum absolute atomic E-state index is 13.3. The summed E-state index contributed by atoms with van der Waals surface area (Å²) in [6.07, 6.45) is 0. The second-order valence-electron chi connectivity index (χ2n) is 4.04. The van der Waals surface area contributed by atoms with Crippen molar-refractivity contribution in [2.45, 2.75) is 17.9 Å². The first-order valence-electron chi connectivity index (χ1n) is 5.94. The maximum atomic E-state index is 13.3. The van der Waals surface area contributed by atoms with Crippen LogP contribution < -0.4 is 0 Å². The first-order valence-corrected chi connectivity index (χ1v) is 7.30. The van der Waals surface area contributed by atoms with Crippen molar-refractivity contribution in [2.75, 3.05) is 12.4 Å². The normalized spacial score (nSPS) is 14.9. The van der Waals surface area contributed by atoms with Crippen LogP contribution >= 0.6 is 23.4 Å². The molecule has 21 heavy (non-hydrogen) atoms. The van der Waals surface area contributed by atoms with E-state index in [1.165, 1.54) is 6.07 Å². The second kappa shape index (κ2) is 6.40. The van der Waals surface area contributed by atoms with Gasteiger partial charge in [-0.3, -0.25) is 10.1 Å². The number of halogens is 2. The number of ether oxygens (including phenoxy) is 1. The van der Waals surface area contributed by atoms with Crippen LogP contribution in [0.1, 0.15) is 6.92 Å². The van der Waals surface area contributed by atoms with Crippen molar-refractivity contribution in [1.82, 2.24) is 0 Å². The van der Waals surface area contributed by atoms with E-state index in [1.807, 2.05) is 0 Å². The smallest absolute Gasteiger partial charge is 0.388 e. The molecule has 112 valence electrons. The summed E-state index contributed by atoms with van der Waals surface area (Å²) < 4.78 is 18.0. The fraction of sp³-hybridized carbons (Fsp3) is 0.333. The van der Waals surface area contributed by atoms with Gasteiger partial charge in [0.2, 0.25) is 0 Å². The third kappa shape index (κ3) is 3.16. The van der Waals surface area contributed by atoms with Gasteiger partial charge in [0.25, 0.3) is 0 Å². The van der Waals surface area contributed by atoms with E-state index < -0.39 is 22.8 Å². The second-order valence-corrected chi connectivity index (χ2v) is 5.40. The Morgan fingerprint density at radius 1 is 1.67 bits per heavy atom. The van der Waals surface area contributed by atoms with E-state index in [4.69, 9.17) is 16.3 Å². The highest BCUT2D eigenvalue weighted by Gasteiger charge is 2.38. The van der Waals surface area contributed by atoms with Gasteiger partial charge in [0, 0.05) is 10.7 Å². The van der Waals surface area contributed by atoms with Gasteiger partial charge in [0.05, 0.1) is 22.2 Å². The van der Waals surface area contributed by atoms with Crippen LogP contribution in [-0.4, -0.2) is 35.0 Å². The summed E-state index contributed by atoms with van der Waals surface area (Å²) in [6, 6.07) is 0.833. The van der Waals surface area contributed by atoms with Crippen LogP contribution in [-0.2, 0) is 9.53 Å². The Balaban J connectivity index is 2.40. The van der Waals surface area contributed by atoms with Crippen LogP contribution in [0.2, 0.25) is 5.02 Å². The number of fused-ring (bicyclic) bond motifs is 1. The van der Waals surface area contributed by atoms with Gasteiger partial charge in [0.15, 0.2) is 0 Å². The summed E-state index contributed by atoms with van der Waals surface area (Å²) >= 11 is 6.93. The number of hydrogen-bond donors (Lipinski definition) is 0. The summed E-state index contributed by atoms with van der Waals surface area (Å²) in [5.41, 5.74) is 0.363. The van der Waals surface area contributed by atoms with Gasteiger partial charge in [-0.15, -0.1) is 11.8 Å². The van der Waals surface area contributed by atoms with E-state index in [9.17, 15) is 19.3 Å². The summed E-state index contributed by atoms with van der Waals surface area (Å²) in [4.78, 5) is 26.5. The van der Waals surface area contributed by atoms with E-state index >= 15 is 0 Å². The quantitative estimate of drug-likeness (QED) is 0.481. The zero-order chi connectivity index (χ0) is 15.6. The van der Waals surface area contributed by atoms with Crippen molar-refractivity contribution in [1.29, 1.82) is 0 Å². The molecule has 0 radical (unpaired) electrons. The van der Waals surface area contributed by atoms with Gasteiger partial charge in [0.1, 0.15) is 11.5 Å². The number of aliphatic imine (C=N–C) groups is 1. The lowest BCUT2D eigenvalue weighted by Crippen LogP contribution is -2.40. The Bertz CT molecular complexity index is 638. The van der Waals surface area contributed by atoms with Gasteiger partial charge in [-0.25, -0.2) is 14.2 Å². The molecule has 0 saturated carbocycles. The minimum atomic E-state index is -1.66. The lowest BCUT2D eigenvalue weighted by Gasteiger charge is -2.17. The van der Waals surface area contributed by atoms with Crippen LogP contribution in [0.5, 0.6) is 0 Å². The highest BCUT2D eigenvalue weighted by atomic mass is 35.5. The number of carbonyl (C=O) groups is 1. The molecule has 0 fully saturated rings. The Hall–Kier alpha value is -1.67. The number of nitrogens with zero attached hydrogens (tertiary/aromatic N) is 2. The lowest BCUT2D eigenvalue weighted by atomic mass is 10.2. The monoisotopic (exact) mass is 332 g/mol. The lowest BCUT2D eigenvalue weighted by molar-refractivity contribution is -0.492. The van der Waals surface area contributed by atoms with Crippen molar-refractivity contribution >= 4 is 40.7 Å². The van der Waals surface area contributed by atoms with Crippen molar-refractivity contribution < 1.29 is 18.8 Å². The van der Waals surface area contributed by atoms with Crippen LogP contribution in [0, 0.1) is 15.9 Å². The summed E-state index contributed by atoms with van der Waals surface area (Å²) in [6.45, 7) is 1.60. The predicted molar refractivity (Wildman–Crippen MR) is 76.6 cm³/mol. The Morgan fingerprint density at radius 3 is 3.00 bits per heavy atom. The van der Waals surface area contributed by atoms with E-state index in [0.717, 1.165) is 17.8 Å². The molecule has 0 N–H and O–H groups in total. The van der Waals surface area contributed by atoms with Crippen molar-refractivity contribution in [3.63, 3.8) is 0 Å². The number of esters is 1. The topological polar surface area (TPSA) is 81.8 Å². The summed E-state index contributed by atoms with van der Waals surface area (Å²) in [5, 5.41) is 11.0. The number of thioether (sulfide) groups is 1. The number of carbonyl (C=O) groups excluding carboxylic acids is 1. The summed E-state index contributed by atoms with van der Waals surface area (Å²) in [7, 11) is 0.